The molecule has 0 radical (unpaired) electrons. The van der Waals surface area contributed by atoms with Crippen molar-refractivity contribution in [3.05, 3.63) is 54.0 Å². The largest absolute Gasteiger partial charge is 0.368 e. The molecule has 3 N–H and O–H groups in total. The molecule has 0 spiro atoms. The molecule has 5 nitrogen and oxygen atoms in total. The highest BCUT2D eigenvalue weighted by Crippen LogP contribution is 2.19. The number of primary amides is 1. The van der Waals surface area contributed by atoms with Crippen LogP contribution in [0.25, 0.3) is 0 Å². The van der Waals surface area contributed by atoms with Gasteiger partial charge in [-0.3, -0.25) is 4.79 Å². The Bertz CT molecular complexity index is 575. The molecular formula is C13H12F2N4O. The molecule has 0 saturated carbocycles. The van der Waals surface area contributed by atoms with E-state index in [2.05, 4.69) is 15.3 Å². The zero-order chi connectivity index (χ0) is 14.5. The molecular weight excluding hydrogens is 266 g/mol. The number of anilines is 1. The molecule has 0 aliphatic carbocycles. The number of nitrogens with two attached hydrogens (primary N) is 1. The van der Waals surface area contributed by atoms with Gasteiger partial charge in [0, 0.05) is 0 Å². The van der Waals surface area contributed by atoms with Crippen molar-refractivity contribution in [1.29, 1.82) is 0 Å². The van der Waals surface area contributed by atoms with Gasteiger partial charge in [-0.05, 0) is 5.56 Å². The number of carbonyl (C=O) groups excluding carboxylic acids is 1. The van der Waals surface area contributed by atoms with E-state index < -0.39 is 24.1 Å². The molecule has 1 aromatic heterocycles. The minimum atomic E-state index is -2.68. The lowest BCUT2D eigenvalue weighted by molar-refractivity contribution is -0.118. The number of hydrogen-bond acceptors (Lipinski definition) is 4. The highest BCUT2D eigenvalue weighted by atomic mass is 19.3. The number of alkyl halides is 2. The maximum atomic E-state index is 12.4. The Morgan fingerprint density at radius 2 is 1.85 bits per heavy atom. The molecule has 1 amide bonds. The first-order chi connectivity index (χ1) is 9.58. The maximum absolute atomic E-state index is 12.4. The van der Waals surface area contributed by atoms with Gasteiger partial charge in [-0.2, -0.15) is 0 Å². The van der Waals surface area contributed by atoms with Crippen LogP contribution in [0.2, 0.25) is 0 Å². The van der Waals surface area contributed by atoms with Crippen LogP contribution < -0.4 is 11.1 Å². The minimum Gasteiger partial charge on any atom is -0.368 e. The van der Waals surface area contributed by atoms with E-state index in [1.807, 2.05) is 0 Å². The number of hydrogen-bond donors (Lipinski definition) is 2. The molecule has 0 aliphatic rings. The Labute approximate surface area is 113 Å². The second-order valence-electron chi connectivity index (χ2n) is 4.02. The van der Waals surface area contributed by atoms with E-state index in [-0.39, 0.29) is 5.82 Å². The van der Waals surface area contributed by atoms with Gasteiger partial charge in [0.15, 0.2) is 0 Å². The van der Waals surface area contributed by atoms with Crippen molar-refractivity contribution in [2.24, 2.45) is 5.73 Å². The fourth-order valence-corrected chi connectivity index (χ4v) is 1.64. The van der Waals surface area contributed by atoms with Crippen LogP contribution in [0.5, 0.6) is 0 Å². The summed E-state index contributed by atoms with van der Waals surface area (Å²) in [6, 6.07) is 7.98. The van der Waals surface area contributed by atoms with Gasteiger partial charge in [0.05, 0.1) is 12.4 Å². The molecule has 7 heteroatoms. The summed E-state index contributed by atoms with van der Waals surface area (Å²) < 4.78 is 24.7. The summed E-state index contributed by atoms with van der Waals surface area (Å²) in [6.45, 7) is 0. The number of rotatable bonds is 5. The van der Waals surface area contributed by atoms with Crippen LogP contribution in [0.3, 0.4) is 0 Å². The van der Waals surface area contributed by atoms with E-state index >= 15 is 0 Å². The van der Waals surface area contributed by atoms with Crippen molar-refractivity contribution < 1.29 is 13.6 Å². The molecule has 20 heavy (non-hydrogen) atoms. The topological polar surface area (TPSA) is 80.9 Å². The third kappa shape index (κ3) is 3.25. The van der Waals surface area contributed by atoms with E-state index in [1.165, 1.54) is 0 Å². The Hall–Kier alpha value is -2.57. The molecule has 0 saturated heterocycles. The van der Waals surface area contributed by atoms with Crippen molar-refractivity contribution >= 4 is 11.7 Å². The van der Waals surface area contributed by atoms with Crippen molar-refractivity contribution in [1.82, 2.24) is 9.97 Å². The zero-order valence-electron chi connectivity index (χ0n) is 10.3. The summed E-state index contributed by atoms with van der Waals surface area (Å²) in [6.07, 6.45) is -0.589. The normalized spacial score (nSPS) is 12.2. The number of nitrogens with zero attached hydrogens (tertiary/aromatic N) is 2. The number of halogens is 2. The zero-order valence-corrected chi connectivity index (χ0v) is 10.3. The van der Waals surface area contributed by atoms with Crippen LogP contribution in [0.1, 0.15) is 23.7 Å². The van der Waals surface area contributed by atoms with Gasteiger partial charge < -0.3 is 11.1 Å². The number of benzene rings is 1. The first kappa shape index (κ1) is 13.9. The summed E-state index contributed by atoms with van der Waals surface area (Å²) >= 11 is 0. The minimum absolute atomic E-state index is 0.196. The van der Waals surface area contributed by atoms with Crippen LogP contribution in [-0.2, 0) is 4.79 Å². The second-order valence-corrected chi connectivity index (χ2v) is 4.02. The summed E-state index contributed by atoms with van der Waals surface area (Å²) in [5, 5.41) is 2.77. The molecule has 1 aromatic carbocycles. The Kier molecular flexibility index (Phi) is 4.19. The van der Waals surface area contributed by atoms with Crippen molar-refractivity contribution in [2.45, 2.75) is 12.5 Å². The lowest BCUT2D eigenvalue weighted by atomic mass is 10.1. The maximum Gasteiger partial charge on any atom is 0.281 e. The SMILES string of the molecule is NC(=O)[C@H](Nc1cnc(C(F)F)cn1)c1ccccc1. The van der Waals surface area contributed by atoms with Gasteiger partial charge >= 0.3 is 0 Å². The highest BCUT2D eigenvalue weighted by Gasteiger charge is 2.18. The van der Waals surface area contributed by atoms with Gasteiger partial charge in [-0.25, -0.2) is 18.7 Å². The van der Waals surface area contributed by atoms with Gasteiger partial charge in [-0.1, -0.05) is 30.3 Å². The van der Waals surface area contributed by atoms with Crippen LogP contribution in [0.4, 0.5) is 14.6 Å². The quantitative estimate of drug-likeness (QED) is 0.877. The van der Waals surface area contributed by atoms with Crippen LogP contribution in [-0.4, -0.2) is 15.9 Å². The van der Waals surface area contributed by atoms with Crippen molar-refractivity contribution in [3.8, 4) is 0 Å². The van der Waals surface area contributed by atoms with Crippen LogP contribution in [0.15, 0.2) is 42.7 Å². The molecule has 0 aliphatic heterocycles. The third-order valence-electron chi connectivity index (χ3n) is 2.61. The monoisotopic (exact) mass is 278 g/mol. The first-order valence-corrected chi connectivity index (χ1v) is 5.79. The highest BCUT2D eigenvalue weighted by molar-refractivity contribution is 5.84. The van der Waals surface area contributed by atoms with E-state index in [9.17, 15) is 13.6 Å². The average molecular weight is 278 g/mol. The lowest BCUT2D eigenvalue weighted by Gasteiger charge is -2.16. The Morgan fingerprint density at radius 3 is 2.35 bits per heavy atom. The van der Waals surface area contributed by atoms with Crippen molar-refractivity contribution in [2.75, 3.05) is 5.32 Å². The van der Waals surface area contributed by atoms with Gasteiger partial charge in [-0.15, -0.1) is 0 Å². The standard InChI is InChI=1S/C13H12F2N4O/c14-12(15)9-6-18-10(7-17-9)19-11(13(16)20)8-4-2-1-3-5-8/h1-7,11-12H,(H2,16,20)(H,18,19)/t11-/m1/s1. The van der Waals surface area contributed by atoms with Gasteiger partial charge in [0.2, 0.25) is 5.91 Å². The van der Waals surface area contributed by atoms with Crippen LogP contribution >= 0.6 is 0 Å². The molecule has 104 valence electrons. The Morgan fingerprint density at radius 1 is 1.15 bits per heavy atom. The molecule has 0 unspecified atom stereocenters. The average Bonchev–Trinajstić information content (AvgIpc) is 2.46. The summed E-state index contributed by atoms with van der Waals surface area (Å²) in [4.78, 5) is 18.8. The molecule has 0 bridgehead atoms. The summed E-state index contributed by atoms with van der Waals surface area (Å²) in [7, 11) is 0. The lowest BCUT2D eigenvalue weighted by Crippen LogP contribution is -2.28. The number of aromatic nitrogens is 2. The van der Waals surface area contributed by atoms with E-state index in [1.54, 1.807) is 30.3 Å². The van der Waals surface area contributed by atoms with E-state index in [0.717, 1.165) is 12.4 Å². The fourth-order valence-electron chi connectivity index (χ4n) is 1.64. The first-order valence-electron chi connectivity index (χ1n) is 5.79. The Balaban J connectivity index is 2.19. The predicted molar refractivity (Wildman–Crippen MR) is 69.0 cm³/mol. The summed E-state index contributed by atoms with van der Waals surface area (Å²) in [5.74, 6) is -0.405. The van der Waals surface area contributed by atoms with Crippen molar-refractivity contribution in [3.63, 3.8) is 0 Å². The van der Waals surface area contributed by atoms with E-state index in [0.29, 0.717) is 5.56 Å². The van der Waals surface area contributed by atoms with Gasteiger partial charge in [0.1, 0.15) is 17.6 Å². The molecule has 2 rings (SSSR count). The number of nitrogens with one attached hydrogen (secondary N) is 1. The third-order valence-corrected chi connectivity index (χ3v) is 2.61. The smallest absolute Gasteiger partial charge is 0.281 e. The van der Waals surface area contributed by atoms with Crippen LogP contribution in [0, 0.1) is 0 Å². The predicted octanol–water partition coefficient (Wildman–Crippen LogP) is 2.05. The van der Waals surface area contributed by atoms with E-state index in [4.69, 9.17) is 5.73 Å². The molecule has 2 aromatic rings. The summed E-state index contributed by atoms with van der Waals surface area (Å²) in [5.41, 5.74) is 5.55. The molecule has 0 fully saturated rings. The molecule has 1 heterocycles. The second kappa shape index (κ2) is 6.05. The molecule has 1 atom stereocenters. The number of amides is 1. The fraction of sp³-hybridized carbons (Fsp3) is 0.154. The number of carbonyl (C=O) groups is 1. The van der Waals surface area contributed by atoms with Gasteiger partial charge in [0.25, 0.3) is 6.43 Å².